The molecule has 2 atom stereocenters. The van der Waals surface area contributed by atoms with Crippen molar-refractivity contribution in [3.63, 3.8) is 0 Å². The van der Waals surface area contributed by atoms with Crippen LogP contribution in [0.3, 0.4) is 0 Å². The largest absolute Gasteiger partial charge is 0.392 e. The summed E-state index contributed by atoms with van der Waals surface area (Å²) in [6.07, 6.45) is 4.59. The van der Waals surface area contributed by atoms with E-state index < -0.39 is 0 Å². The van der Waals surface area contributed by atoms with E-state index in [1.807, 2.05) is 26.1 Å². The molecule has 2 N–H and O–H groups in total. The van der Waals surface area contributed by atoms with Gasteiger partial charge in [0.15, 0.2) is 0 Å². The number of fused-ring (bicyclic) bond motifs is 1. The first-order valence-electron chi connectivity index (χ1n) is 8.50. The predicted octanol–water partition coefficient (Wildman–Crippen LogP) is 2.02. The Morgan fingerprint density at radius 2 is 2.17 bits per heavy atom. The van der Waals surface area contributed by atoms with Gasteiger partial charge in [-0.2, -0.15) is 0 Å². The number of nitrogens with zero attached hydrogens (tertiary/aromatic N) is 3. The molecule has 6 nitrogen and oxygen atoms in total. The molecule has 2 aliphatic rings. The van der Waals surface area contributed by atoms with Crippen molar-refractivity contribution < 1.29 is 9.84 Å². The minimum atomic E-state index is -0.222. The molecule has 6 heteroatoms. The molecule has 0 radical (unpaired) electrons. The molecule has 1 aliphatic heterocycles. The number of nitrogens with one attached hydrogen (secondary N) is 1. The van der Waals surface area contributed by atoms with Crippen LogP contribution in [0.25, 0.3) is 11.0 Å². The number of ether oxygens (including phenoxy) is 1. The third-order valence-electron chi connectivity index (χ3n) is 5.61. The van der Waals surface area contributed by atoms with E-state index in [1.54, 1.807) is 0 Å². The Balaban J connectivity index is 1.56. The molecule has 1 spiro atoms. The van der Waals surface area contributed by atoms with Gasteiger partial charge in [0.1, 0.15) is 17.3 Å². The van der Waals surface area contributed by atoms with Gasteiger partial charge in [-0.3, -0.25) is 0 Å². The van der Waals surface area contributed by atoms with Crippen molar-refractivity contribution in [1.82, 2.24) is 15.0 Å². The molecule has 3 heterocycles. The standard InChI is InChI=1S/C17H24N4O2/c1-3-23-14-10-13(22)17(14)5-8-21(9-6-17)16-12-4-7-18-15(12)19-11(2)20-16/h4,7,13-14,22H,3,5-6,8-10H2,1-2H3,(H,18,19,20)/t13-,14+/m0/s1. The molecule has 0 aromatic carbocycles. The quantitative estimate of drug-likeness (QED) is 0.906. The van der Waals surface area contributed by atoms with Crippen molar-refractivity contribution in [2.24, 2.45) is 5.41 Å². The molecule has 0 unspecified atom stereocenters. The van der Waals surface area contributed by atoms with Crippen molar-refractivity contribution in [2.75, 3.05) is 24.6 Å². The van der Waals surface area contributed by atoms with Crippen LogP contribution in [0, 0.1) is 12.3 Å². The number of anilines is 1. The van der Waals surface area contributed by atoms with Gasteiger partial charge in [0.2, 0.25) is 0 Å². The van der Waals surface area contributed by atoms with Gasteiger partial charge >= 0.3 is 0 Å². The molecule has 4 rings (SSSR count). The maximum atomic E-state index is 10.3. The number of aliphatic hydroxyl groups is 1. The molecule has 2 aromatic rings. The Labute approximate surface area is 135 Å². The van der Waals surface area contributed by atoms with Crippen LogP contribution >= 0.6 is 0 Å². The van der Waals surface area contributed by atoms with Gasteiger partial charge in [0.25, 0.3) is 0 Å². The van der Waals surface area contributed by atoms with E-state index in [2.05, 4.69) is 19.9 Å². The molecule has 1 saturated heterocycles. The monoisotopic (exact) mass is 316 g/mol. The van der Waals surface area contributed by atoms with Crippen LogP contribution in [-0.4, -0.2) is 52.0 Å². The third-order valence-corrected chi connectivity index (χ3v) is 5.61. The number of aliphatic hydroxyl groups excluding tert-OH is 1. The van der Waals surface area contributed by atoms with E-state index in [1.165, 1.54) is 0 Å². The first-order valence-corrected chi connectivity index (χ1v) is 8.50. The predicted molar refractivity (Wildman–Crippen MR) is 88.5 cm³/mol. The SMILES string of the molecule is CCO[C@@H]1C[C@H](O)C12CCN(c1nc(C)nc3[nH]ccc13)CC2. The summed E-state index contributed by atoms with van der Waals surface area (Å²) >= 11 is 0. The molecule has 1 aliphatic carbocycles. The molecular formula is C17H24N4O2. The fourth-order valence-electron chi connectivity index (χ4n) is 4.23. The van der Waals surface area contributed by atoms with Gasteiger partial charge in [0.05, 0.1) is 17.6 Å². The molecule has 1 saturated carbocycles. The summed E-state index contributed by atoms with van der Waals surface area (Å²) in [6, 6.07) is 2.04. The second-order valence-corrected chi connectivity index (χ2v) is 6.75. The third kappa shape index (κ3) is 2.23. The number of aromatic amines is 1. The number of piperidine rings is 1. The first kappa shape index (κ1) is 14.9. The summed E-state index contributed by atoms with van der Waals surface area (Å²) in [6.45, 7) is 6.47. The van der Waals surface area contributed by atoms with Crippen LogP contribution in [0.5, 0.6) is 0 Å². The molecule has 2 fully saturated rings. The number of H-pyrrole nitrogens is 1. The Morgan fingerprint density at radius 3 is 2.87 bits per heavy atom. The highest BCUT2D eigenvalue weighted by Gasteiger charge is 2.56. The van der Waals surface area contributed by atoms with E-state index in [9.17, 15) is 5.11 Å². The van der Waals surface area contributed by atoms with E-state index in [0.717, 1.165) is 61.6 Å². The lowest BCUT2D eigenvalue weighted by molar-refractivity contribution is -0.199. The number of hydrogen-bond acceptors (Lipinski definition) is 5. The van der Waals surface area contributed by atoms with Crippen LogP contribution in [0.2, 0.25) is 0 Å². The van der Waals surface area contributed by atoms with Crippen LogP contribution in [-0.2, 0) is 4.74 Å². The average Bonchev–Trinajstić information content (AvgIpc) is 3.02. The normalized spacial score (nSPS) is 26.7. The van der Waals surface area contributed by atoms with Crippen LogP contribution in [0.15, 0.2) is 12.3 Å². The van der Waals surface area contributed by atoms with Crippen LogP contribution in [0.4, 0.5) is 5.82 Å². The van der Waals surface area contributed by atoms with E-state index in [0.29, 0.717) is 0 Å². The lowest BCUT2D eigenvalue weighted by Crippen LogP contribution is -2.62. The van der Waals surface area contributed by atoms with E-state index in [4.69, 9.17) is 4.74 Å². The summed E-state index contributed by atoms with van der Waals surface area (Å²) in [5, 5.41) is 11.4. The molecule has 124 valence electrons. The van der Waals surface area contributed by atoms with Gasteiger partial charge in [-0.05, 0) is 32.8 Å². The highest BCUT2D eigenvalue weighted by molar-refractivity contribution is 5.87. The van der Waals surface area contributed by atoms with Crippen molar-refractivity contribution in [1.29, 1.82) is 0 Å². The minimum absolute atomic E-state index is 0.0498. The summed E-state index contributed by atoms with van der Waals surface area (Å²) < 4.78 is 5.85. The summed E-state index contributed by atoms with van der Waals surface area (Å²) in [5.41, 5.74) is 0.843. The van der Waals surface area contributed by atoms with Gasteiger partial charge in [0, 0.05) is 37.7 Å². The van der Waals surface area contributed by atoms with Crippen LogP contribution < -0.4 is 4.90 Å². The Hall–Kier alpha value is -1.66. The maximum absolute atomic E-state index is 10.3. The van der Waals surface area contributed by atoms with Crippen molar-refractivity contribution in [2.45, 2.75) is 45.3 Å². The Bertz CT molecular complexity index is 704. The van der Waals surface area contributed by atoms with Gasteiger partial charge in [-0.25, -0.2) is 9.97 Å². The molecule has 23 heavy (non-hydrogen) atoms. The van der Waals surface area contributed by atoms with E-state index >= 15 is 0 Å². The second kappa shape index (κ2) is 5.46. The maximum Gasteiger partial charge on any atom is 0.143 e. The highest BCUT2D eigenvalue weighted by atomic mass is 16.5. The number of aryl methyl sites for hydroxylation is 1. The highest BCUT2D eigenvalue weighted by Crippen LogP contribution is 2.51. The first-order chi connectivity index (χ1) is 11.1. The van der Waals surface area contributed by atoms with Gasteiger partial charge in [-0.1, -0.05) is 0 Å². The Kier molecular flexibility index (Phi) is 3.54. The van der Waals surface area contributed by atoms with Gasteiger partial charge in [-0.15, -0.1) is 0 Å². The zero-order valence-electron chi connectivity index (χ0n) is 13.7. The fraction of sp³-hybridized carbons (Fsp3) is 0.647. The van der Waals surface area contributed by atoms with E-state index in [-0.39, 0.29) is 17.6 Å². The molecule has 2 aromatic heterocycles. The zero-order valence-corrected chi connectivity index (χ0v) is 13.7. The minimum Gasteiger partial charge on any atom is -0.392 e. The molecule has 0 amide bonds. The number of rotatable bonds is 3. The smallest absolute Gasteiger partial charge is 0.143 e. The lowest BCUT2D eigenvalue weighted by atomic mass is 9.58. The van der Waals surface area contributed by atoms with Gasteiger partial charge < -0.3 is 19.7 Å². The molecular weight excluding hydrogens is 292 g/mol. The summed E-state index contributed by atoms with van der Waals surface area (Å²) in [5.74, 6) is 1.79. The van der Waals surface area contributed by atoms with Crippen molar-refractivity contribution >= 4 is 16.9 Å². The van der Waals surface area contributed by atoms with Crippen molar-refractivity contribution in [3.8, 4) is 0 Å². The average molecular weight is 316 g/mol. The zero-order chi connectivity index (χ0) is 16.0. The lowest BCUT2D eigenvalue weighted by Gasteiger charge is -2.56. The summed E-state index contributed by atoms with van der Waals surface area (Å²) in [7, 11) is 0. The van der Waals surface area contributed by atoms with Crippen LogP contribution in [0.1, 0.15) is 32.0 Å². The number of aromatic nitrogens is 3. The topological polar surface area (TPSA) is 74.3 Å². The summed E-state index contributed by atoms with van der Waals surface area (Å²) in [4.78, 5) is 14.6. The Morgan fingerprint density at radius 1 is 1.39 bits per heavy atom. The molecule has 0 bridgehead atoms. The fourth-order valence-corrected chi connectivity index (χ4v) is 4.23. The number of hydrogen-bond donors (Lipinski definition) is 2. The second-order valence-electron chi connectivity index (χ2n) is 6.75. The van der Waals surface area contributed by atoms with Crippen molar-refractivity contribution in [3.05, 3.63) is 18.1 Å².